The number of nitrogens with one attached hydrogen (secondary N) is 2. The van der Waals surface area contributed by atoms with E-state index in [0.29, 0.717) is 12.1 Å². The van der Waals surface area contributed by atoms with Gasteiger partial charge in [-0.3, -0.25) is 9.59 Å². The van der Waals surface area contributed by atoms with Crippen molar-refractivity contribution in [1.29, 1.82) is 0 Å². The van der Waals surface area contributed by atoms with Crippen LogP contribution in [0.5, 0.6) is 0 Å². The number of nitro groups is 1. The normalized spacial score (nSPS) is 17.1. The third-order valence-electron chi connectivity index (χ3n) is 3.87. The van der Waals surface area contributed by atoms with Crippen molar-refractivity contribution in [3.8, 4) is 0 Å². The van der Waals surface area contributed by atoms with Crippen LogP contribution in [-0.4, -0.2) is 44.0 Å². The fourth-order valence-corrected chi connectivity index (χ4v) is 2.69. The van der Waals surface area contributed by atoms with Crippen LogP contribution in [0.3, 0.4) is 0 Å². The summed E-state index contributed by atoms with van der Waals surface area (Å²) in [6.45, 7) is 5.72. The summed E-state index contributed by atoms with van der Waals surface area (Å²) in [6.07, 6.45) is 1.89. The van der Waals surface area contributed by atoms with Gasteiger partial charge in [-0.15, -0.1) is 0 Å². The minimum atomic E-state index is -0.707. The summed E-state index contributed by atoms with van der Waals surface area (Å²) in [6, 6.07) is -0.565. The molecule has 0 saturated heterocycles. The second-order valence-electron chi connectivity index (χ2n) is 6.28. The average molecular weight is 351 g/mol. The molecule has 1 atom stereocenters. The van der Waals surface area contributed by atoms with Crippen LogP contribution in [-0.2, 0) is 16.1 Å². The molecular weight excluding hydrogens is 330 g/mol. The van der Waals surface area contributed by atoms with Gasteiger partial charge in [-0.25, -0.2) is 4.57 Å². The van der Waals surface area contributed by atoms with Gasteiger partial charge >= 0.3 is 5.95 Å². The molecule has 0 radical (unpaired) electrons. The Bertz CT molecular complexity index is 737. The summed E-state index contributed by atoms with van der Waals surface area (Å²) in [5, 5.41) is 26.1. The summed E-state index contributed by atoms with van der Waals surface area (Å²) in [4.78, 5) is 38.1. The number of carbonyl (C=O) groups excluding carboxylic acids is 2. The highest BCUT2D eigenvalue weighted by Crippen LogP contribution is 2.20. The summed E-state index contributed by atoms with van der Waals surface area (Å²) in [5.41, 5.74) is 0.279. The molecule has 2 rings (SSSR count). The Morgan fingerprint density at radius 2 is 2.24 bits per heavy atom. The van der Waals surface area contributed by atoms with E-state index in [1.165, 1.54) is 10.8 Å². The standard InChI is InChI=1S/C15H21N5O5/c1-8(2)6-10-12(21)11(14(23)18-10)13(22)16-4-5-19-9(3)7-17-15(19)20(24)25/h7-8,10,21H,4-6H2,1-3H3,(H,16,22)(H,18,23). The van der Waals surface area contributed by atoms with E-state index in [1.807, 2.05) is 13.8 Å². The Morgan fingerprint density at radius 1 is 1.56 bits per heavy atom. The van der Waals surface area contributed by atoms with E-state index in [4.69, 9.17) is 0 Å². The third kappa shape index (κ3) is 3.95. The van der Waals surface area contributed by atoms with Crippen LogP contribution in [0, 0.1) is 23.0 Å². The number of imidazole rings is 1. The van der Waals surface area contributed by atoms with E-state index in [2.05, 4.69) is 15.6 Å². The maximum absolute atomic E-state index is 12.2. The van der Waals surface area contributed by atoms with Gasteiger partial charge in [-0.2, -0.15) is 0 Å². The van der Waals surface area contributed by atoms with Crippen LogP contribution in [0.4, 0.5) is 5.95 Å². The van der Waals surface area contributed by atoms with E-state index in [-0.39, 0.29) is 36.3 Å². The van der Waals surface area contributed by atoms with E-state index < -0.39 is 22.8 Å². The van der Waals surface area contributed by atoms with Gasteiger partial charge in [0.15, 0.2) is 0 Å². The molecule has 1 aromatic heterocycles. The summed E-state index contributed by atoms with van der Waals surface area (Å²) < 4.78 is 1.35. The topological polar surface area (TPSA) is 139 Å². The molecule has 0 bridgehead atoms. The third-order valence-corrected chi connectivity index (χ3v) is 3.87. The number of aryl methyl sites for hydroxylation is 1. The molecular formula is C15H21N5O5. The van der Waals surface area contributed by atoms with Crippen molar-refractivity contribution in [2.45, 2.75) is 39.8 Å². The van der Waals surface area contributed by atoms with Crippen LogP contribution in [0.2, 0.25) is 0 Å². The minimum absolute atomic E-state index is 0.0514. The molecule has 2 amide bonds. The first-order valence-electron chi connectivity index (χ1n) is 7.91. The molecule has 10 heteroatoms. The highest BCUT2D eigenvalue weighted by molar-refractivity contribution is 6.20. The lowest BCUT2D eigenvalue weighted by atomic mass is 10.0. The summed E-state index contributed by atoms with van der Waals surface area (Å²) in [7, 11) is 0. The molecule has 1 aliphatic rings. The van der Waals surface area contributed by atoms with Crippen LogP contribution < -0.4 is 10.6 Å². The lowest BCUT2D eigenvalue weighted by Gasteiger charge is -2.12. The van der Waals surface area contributed by atoms with E-state index >= 15 is 0 Å². The van der Waals surface area contributed by atoms with Crippen LogP contribution in [0.1, 0.15) is 26.0 Å². The zero-order chi connectivity index (χ0) is 18.7. The van der Waals surface area contributed by atoms with Crippen molar-refractivity contribution in [2.24, 2.45) is 5.92 Å². The van der Waals surface area contributed by atoms with E-state index in [1.54, 1.807) is 6.92 Å². The molecule has 3 N–H and O–H groups in total. The van der Waals surface area contributed by atoms with Crippen molar-refractivity contribution in [3.05, 3.63) is 33.3 Å². The Kier molecular flexibility index (Phi) is 5.40. The molecule has 136 valence electrons. The second-order valence-corrected chi connectivity index (χ2v) is 6.28. The number of rotatable bonds is 7. The predicted molar refractivity (Wildman–Crippen MR) is 87.7 cm³/mol. The van der Waals surface area contributed by atoms with E-state index in [9.17, 15) is 24.8 Å². The number of nitrogens with zero attached hydrogens (tertiary/aromatic N) is 3. The van der Waals surface area contributed by atoms with Crippen molar-refractivity contribution in [3.63, 3.8) is 0 Å². The molecule has 25 heavy (non-hydrogen) atoms. The molecule has 1 aromatic rings. The maximum atomic E-state index is 12.2. The van der Waals surface area contributed by atoms with Crippen LogP contribution >= 0.6 is 0 Å². The van der Waals surface area contributed by atoms with Crippen molar-refractivity contribution < 1.29 is 19.6 Å². The van der Waals surface area contributed by atoms with Gasteiger partial charge in [0.05, 0.1) is 12.6 Å². The fourth-order valence-electron chi connectivity index (χ4n) is 2.69. The minimum Gasteiger partial charge on any atom is -0.509 e. The molecule has 0 fully saturated rings. The summed E-state index contributed by atoms with van der Waals surface area (Å²) >= 11 is 0. The lowest BCUT2D eigenvalue weighted by Crippen LogP contribution is -2.34. The Morgan fingerprint density at radius 3 is 2.84 bits per heavy atom. The van der Waals surface area contributed by atoms with Gasteiger partial charge in [-0.1, -0.05) is 18.8 Å². The molecule has 0 saturated carbocycles. The van der Waals surface area contributed by atoms with Gasteiger partial charge in [0.1, 0.15) is 23.2 Å². The van der Waals surface area contributed by atoms with Gasteiger partial charge in [0.25, 0.3) is 11.8 Å². The number of carbonyl (C=O) groups is 2. The van der Waals surface area contributed by atoms with Gasteiger partial charge in [0.2, 0.25) is 0 Å². The molecule has 0 aromatic carbocycles. The summed E-state index contributed by atoms with van der Waals surface area (Å²) in [5.74, 6) is -1.67. The van der Waals surface area contributed by atoms with Crippen LogP contribution in [0.25, 0.3) is 0 Å². The molecule has 1 aliphatic heterocycles. The lowest BCUT2D eigenvalue weighted by molar-refractivity contribution is -0.396. The molecule has 0 spiro atoms. The van der Waals surface area contributed by atoms with Gasteiger partial charge in [-0.05, 0) is 24.2 Å². The molecule has 10 nitrogen and oxygen atoms in total. The SMILES string of the molecule is Cc1cnc([N+](=O)[O-])n1CCNC(=O)C1=C(O)C(CC(C)C)NC1=O. The number of hydrogen-bond acceptors (Lipinski definition) is 6. The Balaban J connectivity index is 2.01. The van der Waals surface area contributed by atoms with Gasteiger partial charge < -0.3 is 25.9 Å². The van der Waals surface area contributed by atoms with Crippen LogP contribution in [0.15, 0.2) is 17.5 Å². The zero-order valence-corrected chi connectivity index (χ0v) is 14.3. The number of aliphatic hydroxyl groups excluding tert-OH is 1. The smallest absolute Gasteiger partial charge is 0.434 e. The van der Waals surface area contributed by atoms with Crippen molar-refractivity contribution in [2.75, 3.05) is 6.54 Å². The number of aliphatic hydroxyl groups is 1. The zero-order valence-electron chi connectivity index (χ0n) is 14.3. The highest BCUT2D eigenvalue weighted by atomic mass is 16.6. The predicted octanol–water partition coefficient (Wildman–Crippen LogP) is 0.573. The Hall–Kier alpha value is -2.91. The highest BCUT2D eigenvalue weighted by Gasteiger charge is 2.36. The monoisotopic (exact) mass is 351 g/mol. The maximum Gasteiger partial charge on any atom is 0.434 e. The molecule has 1 unspecified atom stereocenters. The van der Waals surface area contributed by atoms with Gasteiger partial charge in [0, 0.05) is 6.54 Å². The second kappa shape index (κ2) is 7.32. The quantitative estimate of drug-likeness (QED) is 0.373. The number of hydrogen-bond donors (Lipinski definition) is 3. The van der Waals surface area contributed by atoms with Crippen molar-refractivity contribution >= 4 is 17.8 Å². The number of amides is 2. The molecule has 2 heterocycles. The van der Waals surface area contributed by atoms with E-state index in [0.717, 1.165) is 0 Å². The van der Waals surface area contributed by atoms with Crippen molar-refractivity contribution in [1.82, 2.24) is 20.2 Å². The largest absolute Gasteiger partial charge is 0.509 e. The first-order valence-corrected chi connectivity index (χ1v) is 7.91. The first-order chi connectivity index (χ1) is 11.7. The number of aromatic nitrogens is 2. The fraction of sp³-hybridized carbons (Fsp3) is 0.533. The first kappa shape index (κ1) is 18.4. The molecule has 0 aliphatic carbocycles. The average Bonchev–Trinajstić information content (AvgIpc) is 2.99. The Labute approximate surface area is 144 Å².